The zero-order valence-electron chi connectivity index (χ0n) is 33.9. The zero-order valence-corrected chi connectivity index (χ0v) is 33.9. The zero-order chi connectivity index (χ0) is 39.3. The van der Waals surface area contributed by atoms with Gasteiger partial charge in [0.25, 0.3) is 0 Å². The first kappa shape index (κ1) is 42.2. The molecule has 0 nitrogen and oxygen atoms in total. The molecule has 0 N–H and O–H groups in total. The summed E-state index contributed by atoms with van der Waals surface area (Å²) in [6, 6.07) is 56.7. The Morgan fingerprint density at radius 2 is 1.02 bits per heavy atom. The molecule has 0 heteroatoms. The molecule has 0 spiro atoms. The van der Waals surface area contributed by atoms with E-state index in [0.29, 0.717) is 5.92 Å². The highest BCUT2D eigenvalue weighted by Gasteiger charge is 2.18. The van der Waals surface area contributed by atoms with Crippen LogP contribution in [0.3, 0.4) is 0 Å². The average Bonchev–Trinajstić information content (AvgIpc) is 3.28. The fourth-order valence-corrected chi connectivity index (χ4v) is 7.66. The van der Waals surface area contributed by atoms with Crippen LogP contribution in [-0.4, -0.2) is 0 Å². The maximum absolute atomic E-state index is 4.11. The van der Waals surface area contributed by atoms with E-state index in [9.17, 15) is 0 Å². The van der Waals surface area contributed by atoms with Gasteiger partial charge in [-0.2, -0.15) is 0 Å². The highest BCUT2D eigenvalue weighted by Crippen LogP contribution is 2.39. The molecule has 1 atom stereocenters. The van der Waals surface area contributed by atoms with Crippen molar-refractivity contribution >= 4 is 16.7 Å². The largest absolute Gasteiger partial charge is 0.0955 e. The monoisotopic (exact) mass is 744 g/mol. The van der Waals surface area contributed by atoms with E-state index >= 15 is 0 Å². The SMILES string of the molecule is C.C/C(=C\C(C)c1ccccc1)c1ccccc1.C=C(C)c1cccc(-c2cccc(-c3cccc(-c4cccc(C5=CCCC6=C5CCC=C6)c4)c3)c2)c1.CC. The maximum Gasteiger partial charge on any atom is -0.000451 e. The Labute approximate surface area is 344 Å². The molecule has 1 unspecified atom stereocenters. The second-order valence-corrected chi connectivity index (χ2v) is 14.6. The minimum Gasteiger partial charge on any atom is -0.0955 e. The van der Waals surface area contributed by atoms with Crippen molar-refractivity contribution in [3.05, 3.63) is 222 Å². The molecule has 0 radical (unpaired) electrons. The molecule has 2 aliphatic carbocycles. The van der Waals surface area contributed by atoms with Gasteiger partial charge in [0, 0.05) is 0 Å². The Kier molecular flexibility index (Phi) is 15.4. The van der Waals surface area contributed by atoms with Crippen LogP contribution in [-0.2, 0) is 0 Å². The third-order valence-electron chi connectivity index (χ3n) is 10.7. The Morgan fingerprint density at radius 3 is 1.58 bits per heavy atom. The van der Waals surface area contributed by atoms with Gasteiger partial charge in [-0.15, -0.1) is 0 Å². The van der Waals surface area contributed by atoms with Crippen molar-refractivity contribution in [3.8, 4) is 33.4 Å². The summed E-state index contributed by atoms with van der Waals surface area (Å²) < 4.78 is 0. The van der Waals surface area contributed by atoms with Crippen LogP contribution in [0, 0.1) is 0 Å². The molecule has 0 bridgehead atoms. The molecule has 288 valence electrons. The predicted octanol–water partition coefficient (Wildman–Crippen LogP) is 17.1. The molecule has 0 fully saturated rings. The molecule has 0 amide bonds. The molecular formula is C57H60. The summed E-state index contributed by atoms with van der Waals surface area (Å²) in [5, 5.41) is 0. The minimum absolute atomic E-state index is 0. The van der Waals surface area contributed by atoms with E-state index in [2.05, 4.69) is 209 Å². The van der Waals surface area contributed by atoms with E-state index in [1.165, 1.54) is 78.8 Å². The summed E-state index contributed by atoms with van der Waals surface area (Å²) in [5.74, 6) is 0.455. The lowest BCUT2D eigenvalue weighted by Crippen LogP contribution is -2.03. The summed E-state index contributed by atoms with van der Waals surface area (Å²) in [4.78, 5) is 0. The number of hydrogen-bond donors (Lipinski definition) is 0. The lowest BCUT2D eigenvalue weighted by Gasteiger charge is -2.23. The summed E-state index contributed by atoms with van der Waals surface area (Å²) >= 11 is 0. The van der Waals surface area contributed by atoms with Crippen molar-refractivity contribution in [2.45, 2.75) is 73.6 Å². The highest BCUT2D eigenvalue weighted by molar-refractivity contribution is 5.85. The van der Waals surface area contributed by atoms with Gasteiger partial charge in [-0.3, -0.25) is 0 Å². The van der Waals surface area contributed by atoms with E-state index < -0.39 is 0 Å². The number of rotatable bonds is 8. The number of allylic oxidation sites excluding steroid dienone is 9. The van der Waals surface area contributed by atoms with E-state index in [4.69, 9.17) is 0 Å². The Morgan fingerprint density at radius 1 is 0.544 bits per heavy atom. The first-order chi connectivity index (χ1) is 27.4. The summed E-state index contributed by atoms with van der Waals surface area (Å²) in [6.07, 6.45) is 14.1. The van der Waals surface area contributed by atoms with Crippen LogP contribution in [0.2, 0.25) is 0 Å². The Hall–Kier alpha value is -5.98. The standard InChI is InChI=1S/C37H32.C17H18.C2H6.CH4/c1-26(2)28-12-5-13-29(22-28)30-14-6-15-31(23-30)32-16-7-17-33(24-32)34-18-8-19-35(25-34)37-21-9-11-27-10-3-4-20-36(27)37;1-14(16-9-5-3-6-10-16)13-15(2)17-11-7-4-8-12-17;1-2;/h3,5-8,10,12-19,21-25H,1,4,9,11,20H2,2H3;3-14H,1-2H3;1-2H3;1H4/b;15-13+;;. The Bertz CT molecular complexity index is 2360. The fourth-order valence-electron chi connectivity index (χ4n) is 7.66. The Balaban J connectivity index is 0.000000261. The lowest BCUT2D eigenvalue weighted by atomic mass is 9.81. The van der Waals surface area contributed by atoms with Crippen molar-refractivity contribution < 1.29 is 0 Å². The lowest BCUT2D eigenvalue weighted by molar-refractivity contribution is 0.892. The second kappa shape index (κ2) is 20.8. The smallest absolute Gasteiger partial charge is 0.000451 e. The van der Waals surface area contributed by atoms with Crippen LogP contribution in [0.15, 0.2) is 200 Å². The molecule has 2 aliphatic rings. The summed E-state index contributed by atoms with van der Waals surface area (Å²) in [5.41, 5.74) is 19.6. The first-order valence-corrected chi connectivity index (χ1v) is 20.4. The molecule has 8 rings (SSSR count). The summed E-state index contributed by atoms with van der Waals surface area (Å²) in [7, 11) is 0. The molecular weight excluding hydrogens is 685 g/mol. The van der Waals surface area contributed by atoms with Crippen LogP contribution in [0.5, 0.6) is 0 Å². The predicted molar refractivity (Wildman–Crippen MR) is 253 cm³/mol. The number of benzene rings is 6. The molecule has 0 aliphatic heterocycles. The summed E-state index contributed by atoms with van der Waals surface area (Å²) in [6.45, 7) is 14.6. The third-order valence-corrected chi connectivity index (χ3v) is 10.7. The minimum atomic E-state index is 0. The van der Waals surface area contributed by atoms with Gasteiger partial charge in [-0.05, 0) is 148 Å². The number of hydrogen-bond acceptors (Lipinski definition) is 0. The van der Waals surface area contributed by atoms with Crippen LogP contribution in [0.25, 0.3) is 50.1 Å². The van der Waals surface area contributed by atoms with Gasteiger partial charge in [0.2, 0.25) is 0 Å². The van der Waals surface area contributed by atoms with Crippen molar-refractivity contribution in [2.24, 2.45) is 0 Å². The van der Waals surface area contributed by atoms with Crippen LogP contribution in [0.4, 0.5) is 0 Å². The van der Waals surface area contributed by atoms with Gasteiger partial charge in [-0.25, -0.2) is 0 Å². The van der Waals surface area contributed by atoms with Crippen molar-refractivity contribution in [1.29, 1.82) is 0 Å². The molecule has 6 aromatic carbocycles. The van der Waals surface area contributed by atoms with E-state index in [0.717, 1.165) is 24.8 Å². The normalized spacial score (nSPS) is 13.7. The van der Waals surface area contributed by atoms with Crippen LogP contribution < -0.4 is 0 Å². The molecule has 0 heterocycles. The van der Waals surface area contributed by atoms with Gasteiger partial charge in [0.15, 0.2) is 0 Å². The molecule has 0 saturated carbocycles. The van der Waals surface area contributed by atoms with Gasteiger partial charge in [-0.1, -0.05) is 198 Å². The van der Waals surface area contributed by atoms with Crippen molar-refractivity contribution in [3.63, 3.8) is 0 Å². The molecule has 0 aromatic heterocycles. The average molecular weight is 745 g/mol. The molecule has 0 saturated heterocycles. The van der Waals surface area contributed by atoms with E-state index in [1.54, 1.807) is 5.57 Å². The third kappa shape index (κ3) is 10.9. The van der Waals surface area contributed by atoms with Gasteiger partial charge < -0.3 is 0 Å². The first-order valence-electron chi connectivity index (χ1n) is 20.4. The van der Waals surface area contributed by atoms with E-state index in [-0.39, 0.29) is 7.43 Å². The second-order valence-electron chi connectivity index (χ2n) is 14.6. The van der Waals surface area contributed by atoms with Crippen molar-refractivity contribution in [1.82, 2.24) is 0 Å². The van der Waals surface area contributed by atoms with E-state index in [1.807, 2.05) is 13.8 Å². The van der Waals surface area contributed by atoms with Gasteiger partial charge >= 0.3 is 0 Å². The van der Waals surface area contributed by atoms with Gasteiger partial charge in [0.05, 0.1) is 0 Å². The highest BCUT2D eigenvalue weighted by atomic mass is 14.2. The fraction of sp³-hybridized carbons (Fsp3) is 0.193. The molecule has 57 heavy (non-hydrogen) atoms. The quantitative estimate of drug-likeness (QED) is 0.146. The maximum atomic E-state index is 4.11. The molecule has 6 aromatic rings. The van der Waals surface area contributed by atoms with Gasteiger partial charge in [0.1, 0.15) is 0 Å². The van der Waals surface area contributed by atoms with Crippen LogP contribution in [0.1, 0.15) is 95.9 Å². The van der Waals surface area contributed by atoms with Crippen LogP contribution >= 0.6 is 0 Å². The van der Waals surface area contributed by atoms with Crippen molar-refractivity contribution in [2.75, 3.05) is 0 Å². The topological polar surface area (TPSA) is 0 Å².